The predicted molar refractivity (Wildman–Crippen MR) is 80.2 cm³/mol. The zero-order chi connectivity index (χ0) is 14.7. The standard InChI is InChI=1S/C16H22N2O3/c19-13-3-1-2-11(6-13)8-17-9-12-4-5-15-14(7-12)18-16(20)10-21-15/h4-5,7,11,13,17,19H,1-3,6,8-10H2,(H,18,20). The molecule has 1 saturated carbocycles. The molecule has 2 unspecified atom stereocenters. The van der Waals surface area contributed by atoms with Crippen LogP contribution >= 0.6 is 0 Å². The molecule has 1 aromatic rings. The summed E-state index contributed by atoms with van der Waals surface area (Å²) in [7, 11) is 0. The average molecular weight is 290 g/mol. The first kappa shape index (κ1) is 14.4. The van der Waals surface area contributed by atoms with Gasteiger partial charge in [-0.25, -0.2) is 0 Å². The summed E-state index contributed by atoms with van der Waals surface area (Å²) >= 11 is 0. The maximum Gasteiger partial charge on any atom is 0.262 e. The van der Waals surface area contributed by atoms with Gasteiger partial charge >= 0.3 is 0 Å². The third-order valence-electron chi connectivity index (χ3n) is 4.19. The molecule has 1 aliphatic heterocycles. The Kier molecular flexibility index (Phi) is 4.41. The van der Waals surface area contributed by atoms with E-state index in [0.29, 0.717) is 5.92 Å². The summed E-state index contributed by atoms with van der Waals surface area (Å²) < 4.78 is 5.34. The quantitative estimate of drug-likeness (QED) is 0.788. The van der Waals surface area contributed by atoms with Crippen molar-refractivity contribution >= 4 is 11.6 Å². The number of aliphatic hydroxyl groups excluding tert-OH is 1. The zero-order valence-electron chi connectivity index (χ0n) is 12.1. The van der Waals surface area contributed by atoms with E-state index in [1.165, 1.54) is 6.42 Å². The number of carbonyl (C=O) groups excluding carboxylic acids is 1. The van der Waals surface area contributed by atoms with E-state index in [4.69, 9.17) is 4.74 Å². The molecule has 1 aromatic carbocycles. The van der Waals surface area contributed by atoms with Gasteiger partial charge in [0.25, 0.3) is 5.91 Å². The molecule has 0 saturated heterocycles. The van der Waals surface area contributed by atoms with Crippen molar-refractivity contribution in [1.29, 1.82) is 0 Å². The van der Waals surface area contributed by atoms with Gasteiger partial charge in [0.05, 0.1) is 11.8 Å². The lowest BCUT2D eigenvalue weighted by molar-refractivity contribution is -0.118. The first-order valence-corrected chi connectivity index (χ1v) is 7.65. The number of rotatable bonds is 4. The van der Waals surface area contributed by atoms with Crippen LogP contribution in [0.1, 0.15) is 31.2 Å². The second-order valence-electron chi connectivity index (χ2n) is 5.98. The Labute approximate surface area is 124 Å². The summed E-state index contributed by atoms with van der Waals surface area (Å²) in [5, 5.41) is 15.9. The molecule has 1 amide bonds. The number of aliphatic hydroxyl groups is 1. The van der Waals surface area contributed by atoms with Gasteiger partial charge in [-0.2, -0.15) is 0 Å². The van der Waals surface area contributed by atoms with E-state index >= 15 is 0 Å². The highest BCUT2D eigenvalue weighted by molar-refractivity contribution is 5.95. The summed E-state index contributed by atoms with van der Waals surface area (Å²) in [6.07, 6.45) is 4.04. The van der Waals surface area contributed by atoms with Crippen LogP contribution in [0.4, 0.5) is 5.69 Å². The molecule has 3 N–H and O–H groups in total. The number of nitrogens with one attached hydrogen (secondary N) is 2. The van der Waals surface area contributed by atoms with Gasteiger partial charge in [0, 0.05) is 6.54 Å². The second-order valence-corrected chi connectivity index (χ2v) is 5.98. The molecule has 1 heterocycles. The Morgan fingerprint density at radius 2 is 2.29 bits per heavy atom. The number of anilines is 1. The van der Waals surface area contributed by atoms with Gasteiger partial charge in [-0.1, -0.05) is 12.5 Å². The normalized spacial score (nSPS) is 24.9. The van der Waals surface area contributed by atoms with Crippen molar-refractivity contribution in [3.63, 3.8) is 0 Å². The van der Waals surface area contributed by atoms with Crippen molar-refractivity contribution in [2.24, 2.45) is 5.92 Å². The highest BCUT2D eigenvalue weighted by Gasteiger charge is 2.20. The molecule has 0 bridgehead atoms. The van der Waals surface area contributed by atoms with Gasteiger partial charge < -0.3 is 20.5 Å². The van der Waals surface area contributed by atoms with E-state index in [1.807, 2.05) is 18.2 Å². The fraction of sp³-hybridized carbons (Fsp3) is 0.562. The number of ether oxygens (including phenoxy) is 1. The largest absolute Gasteiger partial charge is 0.482 e. The maximum atomic E-state index is 11.3. The molecule has 3 rings (SSSR count). The van der Waals surface area contributed by atoms with E-state index in [1.54, 1.807) is 0 Å². The number of fused-ring (bicyclic) bond motifs is 1. The van der Waals surface area contributed by atoms with Crippen LogP contribution in [0.25, 0.3) is 0 Å². The van der Waals surface area contributed by atoms with Gasteiger partial charge in [-0.3, -0.25) is 4.79 Å². The number of carbonyl (C=O) groups is 1. The molecule has 5 heteroatoms. The van der Waals surface area contributed by atoms with E-state index in [-0.39, 0.29) is 18.6 Å². The molecular formula is C16H22N2O3. The number of benzene rings is 1. The average Bonchev–Trinajstić information content (AvgIpc) is 2.47. The highest BCUT2D eigenvalue weighted by Crippen LogP contribution is 2.28. The van der Waals surface area contributed by atoms with Crippen LogP contribution < -0.4 is 15.4 Å². The van der Waals surface area contributed by atoms with Gasteiger partial charge in [-0.15, -0.1) is 0 Å². The van der Waals surface area contributed by atoms with Crippen LogP contribution in [-0.4, -0.2) is 30.3 Å². The van der Waals surface area contributed by atoms with Gasteiger partial charge in [0.1, 0.15) is 5.75 Å². The van der Waals surface area contributed by atoms with Crippen molar-refractivity contribution in [3.05, 3.63) is 23.8 Å². The van der Waals surface area contributed by atoms with Gasteiger partial charge in [0.2, 0.25) is 0 Å². The smallest absolute Gasteiger partial charge is 0.262 e. The molecule has 0 aromatic heterocycles. The lowest BCUT2D eigenvalue weighted by Gasteiger charge is -2.26. The van der Waals surface area contributed by atoms with Crippen LogP contribution in [0.2, 0.25) is 0 Å². The topological polar surface area (TPSA) is 70.6 Å². The molecular weight excluding hydrogens is 268 g/mol. The minimum absolute atomic E-state index is 0.0919. The van der Waals surface area contributed by atoms with Crippen LogP contribution in [0.15, 0.2) is 18.2 Å². The molecule has 21 heavy (non-hydrogen) atoms. The first-order valence-electron chi connectivity index (χ1n) is 7.65. The Morgan fingerprint density at radius 3 is 3.14 bits per heavy atom. The fourth-order valence-corrected chi connectivity index (χ4v) is 3.11. The summed E-state index contributed by atoms with van der Waals surface area (Å²) in [5.74, 6) is 1.19. The summed E-state index contributed by atoms with van der Waals surface area (Å²) in [6, 6.07) is 5.87. The van der Waals surface area contributed by atoms with Crippen molar-refractivity contribution < 1.29 is 14.6 Å². The summed E-state index contributed by atoms with van der Waals surface area (Å²) in [5.41, 5.74) is 1.87. The van der Waals surface area contributed by atoms with Crippen molar-refractivity contribution in [2.75, 3.05) is 18.5 Å². The minimum Gasteiger partial charge on any atom is -0.482 e. The fourth-order valence-electron chi connectivity index (χ4n) is 3.11. The third-order valence-corrected chi connectivity index (χ3v) is 4.19. The molecule has 114 valence electrons. The van der Waals surface area contributed by atoms with E-state index in [9.17, 15) is 9.90 Å². The Morgan fingerprint density at radius 1 is 1.38 bits per heavy atom. The Hall–Kier alpha value is -1.59. The summed E-state index contributed by atoms with van der Waals surface area (Å²) in [6.45, 7) is 1.78. The molecule has 1 aliphatic carbocycles. The number of amides is 1. The van der Waals surface area contributed by atoms with Gasteiger partial charge in [0.15, 0.2) is 6.61 Å². The Bertz CT molecular complexity index is 518. The van der Waals surface area contributed by atoms with E-state index in [2.05, 4.69) is 10.6 Å². The molecule has 0 spiro atoms. The predicted octanol–water partition coefficient (Wildman–Crippen LogP) is 1.66. The van der Waals surface area contributed by atoms with E-state index < -0.39 is 0 Å². The van der Waals surface area contributed by atoms with Crippen LogP contribution in [0.3, 0.4) is 0 Å². The minimum atomic E-state index is -0.123. The third kappa shape index (κ3) is 3.74. The molecule has 1 fully saturated rings. The number of hydrogen-bond donors (Lipinski definition) is 3. The maximum absolute atomic E-state index is 11.3. The van der Waals surface area contributed by atoms with E-state index in [0.717, 1.165) is 49.4 Å². The molecule has 2 aliphatic rings. The molecule has 2 atom stereocenters. The Balaban J connectivity index is 1.51. The van der Waals surface area contributed by atoms with Crippen molar-refractivity contribution in [1.82, 2.24) is 5.32 Å². The molecule has 5 nitrogen and oxygen atoms in total. The monoisotopic (exact) mass is 290 g/mol. The van der Waals surface area contributed by atoms with Crippen LogP contribution in [0, 0.1) is 5.92 Å². The van der Waals surface area contributed by atoms with Gasteiger partial charge in [-0.05, 0) is 49.4 Å². The SMILES string of the molecule is O=C1COc2ccc(CNCC3CCCC(O)C3)cc2N1. The van der Waals surface area contributed by atoms with Crippen LogP contribution in [-0.2, 0) is 11.3 Å². The number of hydrogen-bond acceptors (Lipinski definition) is 4. The molecule has 0 radical (unpaired) electrons. The first-order chi connectivity index (χ1) is 10.2. The highest BCUT2D eigenvalue weighted by atomic mass is 16.5. The van der Waals surface area contributed by atoms with Crippen molar-refractivity contribution in [3.8, 4) is 5.75 Å². The van der Waals surface area contributed by atoms with Crippen molar-refractivity contribution in [2.45, 2.75) is 38.3 Å². The second kappa shape index (κ2) is 6.45. The lowest BCUT2D eigenvalue weighted by Crippen LogP contribution is -2.29. The lowest BCUT2D eigenvalue weighted by atomic mass is 9.87. The summed E-state index contributed by atoms with van der Waals surface area (Å²) in [4.78, 5) is 11.3. The van der Waals surface area contributed by atoms with Crippen LogP contribution in [0.5, 0.6) is 5.75 Å². The zero-order valence-corrected chi connectivity index (χ0v) is 12.1.